The molecule has 0 bridgehead atoms. The zero-order valence-electron chi connectivity index (χ0n) is 12.0. The molecule has 0 saturated carbocycles. The zero-order valence-corrected chi connectivity index (χ0v) is 15.1. The van der Waals surface area contributed by atoms with Gasteiger partial charge in [-0.05, 0) is 24.3 Å². The number of rotatable bonds is 2. The molecule has 1 heterocycles. The molecule has 2 nitrogen and oxygen atoms in total. The molecular formula is C16H7Cl3F3NOS. The van der Waals surface area contributed by atoms with Gasteiger partial charge in [0.05, 0.1) is 21.3 Å². The molecule has 130 valence electrons. The molecule has 9 heteroatoms. The highest BCUT2D eigenvalue weighted by Crippen LogP contribution is 2.42. The Balaban J connectivity index is 2.02. The van der Waals surface area contributed by atoms with Crippen LogP contribution in [0.4, 0.5) is 18.9 Å². The Labute approximate surface area is 159 Å². The SMILES string of the molecule is O=C(Nc1ccccc1C(F)(F)F)c1sc2cc(Cl)cc(Cl)c2c1Cl. The Bertz CT molecular complexity index is 985. The maximum absolute atomic E-state index is 13.0. The topological polar surface area (TPSA) is 29.1 Å². The fraction of sp³-hybridized carbons (Fsp3) is 0.0625. The van der Waals surface area contributed by atoms with Crippen molar-refractivity contribution in [2.24, 2.45) is 0 Å². The molecule has 3 rings (SSSR count). The molecule has 3 aromatic rings. The van der Waals surface area contributed by atoms with E-state index in [9.17, 15) is 18.0 Å². The number of alkyl halides is 3. The van der Waals surface area contributed by atoms with Gasteiger partial charge in [-0.3, -0.25) is 4.79 Å². The van der Waals surface area contributed by atoms with Crippen molar-refractivity contribution >= 4 is 67.8 Å². The molecule has 2 aromatic carbocycles. The summed E-state index contributed by atoms with van der Waals surface area (Å²) in [5.74, 6) is -0.755. The van der Waals surface area contributed by atoms with Crippen LogP contribution in [-0.2, 0) is 6.18 Å². The van der Waals surface area contributed by atoms with Gasteiger partial charge in [0.2, 0.25) is 0 Å². The van der Waals surface area contributed by atoms with Gasteiger partial charge in [-0.25, -0.2) is 0 Å². The van der Waals surface area contributed by atoms with Crippen LogP contribution >= 0.6 is 46.1 Å². The average Bonchev–Trinajstić information content (AvgIpc) is 2.83. The summed E-state index contributed by atoms with van der Waals surface area (Å²) in [4.78, 5) is 12.5. The Morgan fingerprint density at radius 1 is 1.08 bits per heavy atom. The van der Waals surface area contributed by atoms with Gasteiger partial charge >= 0.3 is 6.18 Å². The number of nitrogens with one attached hydrogen (secondary N) is 1. The minimum atomic E-state index is -4.59. The van der Waals surface area contributed by atoms with Gasteiger partial charge in [0.25, 0.3) is 5.91 Å². The highest BCUT2D eigenvalue weighted by atomic mass is 35.5. The molecule has 0 unspecified atom stereocenters. The summed E-state index contributed by atoms with van der Waals surface area (Å²) in [6.45, 7) is 0. The summed E-state index contributed by atoms with van der Waals surface area (Å²) >= 11 is 19.2. The number of fused-ring (bicyclic) bond motifs is 1. The van der Waals surface area contributed by atoms with E-state index < -0.39 is 17.6 Å². The number of thiophene rings is 1. The van der Waals surface area contributed by atoms with E-state index >= 15 is 0 Å². The fourth-order valence-electron chi connectivity index (χ4n) is 2.28. The van der Waals surface area contributed by atoms with Gasteiger partial charge in [-0.1, -0.05) is 46.9 Å². The van der Waals surface area contributed by atoms with Gasteiger partial charge in [-0.2, -0.15) is 13.2 Å². The van der Waals surface area contributed by atoms with Crippen LogP contribution < -0.4 is 5.32 Å². The van der Waals surface area contributed by atoms with E-state index in [1.807, 2.05) is 0 Å². The van der Waals surface area contributed by atoms with Crippen molar-refractivity contribution in [1.29, 1.82) is 0 Å². The average molecular weight is 425 g/mol. The summed E-state index contributed by atoms with van der Waals surface area (Å²) in [6.07, 6.45) is -4.59. The van der Waals surface area contributed by atoms with Gasteiger partial charge < -0.3 is 5.32 Å². The van der Waals surface area contributed by atoms with Crippen LogP contribution in [0.5, 0.6) is 0 Å². The molecule has 1 aromatic heterocycles. The lowest BCUT2D eigenvalue weighted by molar-refractivity contribution is -0.136. The number of anilines is 1. The normalized spacial score (nSPS) is 11.8. The third-order valence-corrected chi connectivity index (χ3v) is 5.48. The Kier molecular flexibility index (Phi) is 4.90. The standard InChI is InChI=1S/C16H7Cl3F3NOS/c17-7-5-9(18)12-11(6-7)25-14(13(12)19)15(24)23-10-4-2-1-3-8(10)16(20,21)22/h1-6H,(H,23,24). The number of para-hydroxylation sites is 1. The molecule has 0 aliphatic carbocycles. The third kappa shape index (κ3) is 3.58. The molecule has 1 N–H and O–H groups in total. The van der Waals surface area contributed by atoms with Crippen molar-refractivity contribution in [3.8, 4) is 0 Å². The molecule has 0 aliphatic rings. The summed E-state index contributed by atoms with van der Waals surface area (Å²) in [5, 5.41) is 3.40. The van der Waals surface area contributed by atoms with Crippen LogP contribution in [0.3, 0.4) is 0 Å². The first-order valence-corrected chi connectivity index (χ1v) is 8.68. The third-order valence-electron chi connectivity index (χ3n) is 3.34. The molecule has 1 amide bonds. The zero-order chi connectivity index (χ0) is 18.4. The summed E-state index contributed by atoms with van der Waals surface area (Å²) < 4.78 is 39.7. The predicted molar refractivity (Wildman–Crippen MR) is 96.3 cm³/mol. The maximum Gasteiger partial charge on any atom is 0.418 e. The van der Waals surface area contributed by atoms with Crippen molar-refractivity contribution < 1.29 is 18.0 Å². The highest BCUT2D eigenvalue weighted by Gasteiger charge is 2.34. The van der Waals surface area contributed by atoms with Gasteiger partial charge in [0.1, 0.15) is 4.88 Å². The molecule has 25 heavy (non-hydrogen) atoms. The van der Waals surface area contributed by atoms with Crippen LogP contribution in [0.1, 0.15) is 15.2 Å². The summed E-state index contributed by atoms with van der Waals surface area (Å²) in [5.41, 5.74) is -1.29. The Morgan fingerprint density at radius 3 is 2.44 bits per heavy atom. The molecule has 0 spiro atoms. The monoisotopic (exact) mass is 423 g/mol. The van der Waals surface area contributed by atoms with Crippen molar-refractivity contribution in [2.75, 3.05) is 5.32 Å². The van der Waals surface area contributed by atoms with Gasteiger partial charge in [0.15, 0.2) is 0 Å². The van der Waals surface area contributed by atoms with Gasteiger partial charge in [-0.15, -0.1) is 11.3 Å². The molecule has 0 radical (unpaired) electrons. The quantitative estimate of drug-likeness (QED) is 0.466. The lowest BCUT2D eigenvalue weighted by Crippen LogP contribution is -2.16. The first-order chi connectivity index (χ1) is 11.7. The first kappa shape index (κ1) is 18.3. The largest absolute Gasteiger partial charge is 0.418 e. The second-order valence-electron chi connectivity index (χ2n) is 5.00. The van der Waals surface area contributed by atoms with E-state index in [0.717, 1.165) is 17.4 Å². The van der Waals surface area contributed by atoms with Crippen molar-refractivity contribution in [3.63, 3.8) is 0 Å². The van der Waals surface area contributed by atoms with E-state index in [1.54, 1.807) is 6.07 Å². The number of carbonyl (C=O) groups excluding carboxylic acids is 1. The number of amides is 1. The molecule has 0 fully saturated rings. The summed E-state index contributed by atoms with van der Waals surface area (Å²) in [7, 11) is 0. The van der Waals surface area contributed by atoms with Crippen molar-refractivity contribution in [3.05, 3.63) is 61.9 Å². The second kappa shape index (κ2) is 6.68. The van der Waals surface area contributed by atoms with Crippen molar-refractivity contribution in [1.82, 2.24) is 0 Å². The highest BCUT2D eigenvalue weighted by molar-refractivity contribution is 7.21. The smallest absolute Gasteiger partial charge is 0.321 e. The maximum atomic E-state index is 13.0. The molecule has 0 saturated heterocycles. The molecule has 0 aliphatic heterocycles. The van der Waals surface area contributed by atoms with Crippen molar-refractivity contribution in [2.45, 2.75) is 6.18 Å². The molecule has 0 atom stereocenters. The number of hydrogen-bond acceptors (Lipinski definition) is 2. The minimum Gasteiger partial charge on any atom is -0.321 e. The number of carbonyl (C=O) groups is 1. The number of halogens is 6. The number of hydrogen-bond donors (Lipinski definition) is 1. The number of benzene rings is 2. The van der Waals surface area contributed by atoms with Crippen LogP contribution in [0.25, 0.3) is 10.1 Å². The van der Waals surface area contributed by atoms with Crippen LogP contribution in [-0.4, -0.2) is 5.91 Å². The lowest BCUT2D eigenvalue weighted by atomic mass is 10.1. The lowest BCUT2D eigenvalue weighted by Gasteiger charge is -2.13. The van der Waals surface area contributed by atoms with E-state index in [0.29, 0.717) is 15.1 Å². The van der Waals surface area contributed by atoms with Gasteiger partial charge in [0, 0.05) is 15.1 Å². The minimum absolute atomic E-state index is 0.0535. The van der Waals surface area contributed by atoms with Crippen LogP contribution in [0.15, 0.2) is 36.4 Å². The van der Waals surface area contributed by atoms with E-state index in [1.165, 1.54) is 24.3 Å². The first-order valence-electron chi connectivity index (χ1n) is 6.73. The summed E-state index contributed by atoms with van der Waals surface area (Å²) in [6, 6.07) is 7.76. The fourth-order valence-corrected chi connectivity index (χ4v) is 4.55. The van der Waals surface area contributed by atoms with E-state index in [2.05, 4.69) is 5.32 Å². The van der Waals surface area contributed by atoms with Crippen LogP contribution in [0, 0.1) is 0 Å². The Hall–Kier alpha value is -1.47. The van der Waals surface area contributed by atoms with E-state index in [4.69, 9.17) is 34.8 Å². The Morgan fingerprint density at radius 2 is 1.76 bits per heavy atom. The molecular weight excluding hydrogens is 418 g/mol. The predicted octanol–water partition coefficient (Wildman–Crippen LogP) is 7.13. The second-order valence-corrected chi connectivity index (χ2v) is 7.28. The van der Waals surface area contributed by atoms with E-state index in [-0.39, 0.29) is 20.6 Å². The van der Waals surface area contributed by atoms with Crippen LogP contribution in [0.2, 0.25) is 15.1 Å².